The maximum absolute atomic E-state index is 13.7. The molecule has 1 aromatic carbocycles. The highest BCUT2D eigenvalue weighted by atomic mass is 19.1. The van der Waals surface area contributed by atoms with E-state index in [1.807, 2.05) is 0 Å². The number of ether oxygens (including phenoxy) is 1. The molecule has 0 spiro atoms. The third-order valence-electron chi connectivity index (χ3n) is 2.45. The molecule has 2 rings (SSSR count). The number of halogens is 1. The molecule has 0 bridgehead atoms. The average Bonchev–Trinajstić information content (AvgIpc) is 2.39. The van der Waals surface area contributed by atoms with E-state index < -0.39 is 0 Å². The normalized spacial score (nSPS) is 10.4. The van der Waals surface area contributed by atoms with Gasteiger partial charge in [-0.2, -0.15) is 0 Å². The fraction of sp³-hybridized carbons (Fsp3) is 0.231. The molecule has 1 N–H and O–H groups in total. The molecule has 2 aromatic rings. The summed E-state index contributed by atoms with van der Waals surface area (Å²) in [6.07, 6.45) is 0. The largest absolute Gasteiger partial charge is 0.377 e. The van der Waals surface area contributed by atoms with E-state index in [2.05, 4.69) is 15.3 Å². The van der Waals surface area contributed by atoms with E-state index in [-0.39, 0.29) is 12.4 Å². The fourth-order valence-electron chi connectivity index (χ4n) is 1.63. The molecule has 0 atom stereocenters. The quantitative estimate of drug-likeness (QED) is 0.901. The van der Waals surface area contributed by atoms with Crippen LogP contribution in [0.3, 0.4) is 0 Å². The molecule has 4 nitrogen and oxygen atoms in total. The molecule has 0 fully saturated rings. The van der Waals surface area contributed by atoms with Crippen LogP contribution >= 0.6 is 0 Å². The Labute approximate surface area is 105 Å². The van der Waals surface area contributed by atoms with Crippen LogP contribution in [0.2, 0.25) is 0 Å². The molecule has 5 heteroatoms. The Kier molecular flexibility index (Phi) is 3.84. The zero-order chi connectivity index (χ0) is 13.0. The monoisotopic (exact) mass is 247 g/mol. The van der Waals surface area contributed by atoms with E-state index in [1.165, 1.54) is 6.07 Å². The molecule has 94 valence electrons. The number of hydrogen-bond acceptors (Lipinski definition) is 4. The van der Waals surface area contributed by atoms with Crippen molar-refractivity contribution >= 4 is 5.82 Å². The SMILES string of the molecule is CNc1cc(-c2ccccc2F)nc(COC)n1. The van der Waals surface area contributed by atoms with Crippen LogP contribution < -0.4 is 5.32 Å². The van der Waals surface area contributed by atoms with E-state index in [1.54, 1.807) is 38.4 Å². The van der Waals surface area contributed by atoms with E-state index >= 15 is 0 Å². The van der Waals surface area contributed by atoms with Gasteiger partial charge in [-0.25, -0.2) is 14.4 Å². The molecule has 0 aliphatic carbocycles. The molecule has 0 aliphatic heterocycles. The van der Waals surface area contributed by atoms with Gasteiger partial charge < -0.3 is 10.1 Å². The molecular formula is C13H14FN3O. The van der Waals surface area contributed by atoms with Gasteiger partial charge in [-0.05, 0) is 12.1 Å². The average molecular weight is 247 g/mol. The van der Waals surface area contributed by atoms with Crippen molar-refractivity contribution in [2.24, 2.45) is 0 Å². The third-order valence-corrected chi connectivity index (χ3v) is 2.45. The summed E-state index contributed by atoms with van der Waals surface area (Å²) in [4.78, 5) is 8.51. The first-order valence-corrected chi connectivity index (χ1v) is 5.54. The van der Waals surface area contributed by atoms with Gasteiger partial charge in [0.2, 0.25) is 0 Å². The van der Waals surface area contributed by atoms with Gasteiger partial charge in [0.1, 0.15) is 18.2 Å². The molecule has 1 aromatic heterocycles. The topological polar surface area (TPSA) is 47.0 Å². The maximum atomic E-state index is 13.7. The summed E-state index contributed by atoms with van der Waals surface area (Å²) in [5.41, 5.74) is 0.994. The first-order chi connectivity index (χ1) is 8.74. The standard InChI is InChI=1S/C13H14FN3O/c1-15-12-7-11(16-13(17-12)8-18-2)9-5-3-4-6-10(9)14/h3-7H,8H2,1-2H3,(H,15,16,17). The zero-order valence-electron chi connectivity index (χ0n) is 10.3. The minimum Gasteiger partial charge on any atom is -0.377 e. The van der Waals surface area contributed by atoms with Crippen LogP contribution in [-0.4, -0.2) is 24.1 Å². The van der Waals surface area contributed by atoms with Crippen LogP contribution in [0, 0.1) is 5.82 Å². The van der Waals surface area contributed by atoms with Gasteiger partial charge in [0.25, 0.3) is 0 Å². The predicted octanol–water partition coefficient (Wildman–Crippen LogP) is 2.47. The Bertz CT molecular complexity index is 546. The highest BCUT2D eigenvalue weighted by Gasteiger charge is 2.09. The highest BCUT2D eigenvalue weighted by Crippen LogP contribution is 2.22. The van der Waals surface area contributed by atoms with Gasteiger partial charge in [0.05, 0.1) is 5.69 Å². The lowest BCUT2D eigenvalue weighted by Crippen LogP contribution is -2.03. The van der Waals surface area contributed by atoms with E-state index in [4.69, 9.17) is 4.74 Å². The van der Waals surface area contributed by atoms with Crippen LogP contribution in [0.1, 0.15) is 5.82 Å². The van der Waals surface area contributed by atoms with Gasteiger partial charge in [-0.3, -0.25) is 0 Å². The second-order valence-electron chi connectivity index (χ2n) is 3.72. The summed E-state index contributed by atoms with van der Waals surface area (Å²) in [5, 5.41) is 2.93. The minimum atomic E-state index is -0.304. The lowest BCUT2D eigenvalue weighted by atomic mass is 10.1. The molecule has 18 heavy (non-hydrogen) atoms. The van der Waals surface area contributed by atoms with E-state index in [0.29, 0.717) is 22.9 Å². The van der Waals surface area contributed by atoms with Crippen LogP contribution in [0.5, 0.6) is 0 Å². The first-order valence-electron chi connectivity index (χ1n) is 5.54. The second kappa shape index (κ2) is 5.55. The van der Waals surface area contributed by atoms with Gasteiger partial charge in [-0.15, -0.1) is 0 Å². The van der Waals surface area contributed by atoms with Gasteiger partial charge in [0.15, 0.2) is 5.82 Å². The van der Waals surface area contributed by atoms with Crippen molar-refractivity contribution in [1.82, 2.24) is 9.97 Å². The summed E-state index contributed by atoms with van der Waals surface area (Å²) in [7, 11) is 3.32. The molecule has 0 unspecified atom stereocenters. The summed E-state index contributed by atoms with van der Waals surface area (Å²) >= 11 is 0. The molecule has 0 saturated carbocycles. The molecular weight excluding hydrogens is 233 g/mol. The molecule has 0 amide bonds. The van der Waals surface area contributed by atoms with E-state index in [9.17, 15) is 4.39 Å². The Morgan fingerprint density at radius 3 is 2.72 bits per heavy atom. The van der Waals surface area contributed by atoms with Crippen molar-refractivity contribution in [2.75, 3.05) is 19.5 Å². The van der Waals surface area contributed by atoms with Gasteiger partial charge in [-0.1, -0.05) is 12.1 Å². The van der Waals surface area contributed by atoms with E-state index in [0.717, 1.165) is 0 Å². The Hall–Kier alpha value is -2.01. The predicted molar refractivity (Wildman–Crippen MR) is 67.7 cm³/mol. The number of nitrogens with one attached hydrogen (secondary N) is 1. The Morgan fingerprint density at radius 1 is 1.28 bits per heavy atom. The van der Waals surface area contributed by atoms with Crippen molar-refractivity contribution in [3.63, 3.8) is 0 Å². The number of nitrogens with zero attached hydrogens (tertiary/aromatic N) is 2. The van der Waals surface area contributed by atoms with Crippen LogP contribution in [0.15, 0.2) is 30.3 Å². The lowest BCUT2D eigenvalue weighted by Gasteiger charge is -2.08. The van der Waals surface area contributed by atoms with Gasteiger partial charge >= 0.3 is 0 Å². The fourth-order valence-corrected chi connectivity index (χ4v) is 1.63. The van der Waals surface area contributed by atoms with Crippen LogP contribution in [0.4, 0.5) is 10.2 Å². The van der Waals surface area contributed by atoms with Crippen molar-refractivity contribution in [3.8, 4) is 11.3 Å². The number of benzene rings is 1. The molecule has 0 radical (unpaired) electrons. The summed E-state index contributed by atoms with van der Waals surface area (Å²) in [6, 6.07) is 8.22. The maximum Gasteiger partial charge on any atom is 0.157 e. The summed E-state index contributed by atoms with van der Waals surface area (Å²) in [5.74, 6) is 0.847. The Balaban J connectivity index is 2.50. The van der Waals surface area contributed by atoms with Crippen molar-refractivity contribution in [3.05, 3.63) is 42.0 Å². The number of rotatable bonds is 4. The molecule has 0 aliphatic rings. The zero-order valence-corrected chi connectivity index (χ0v) is 10.3. The smallest absolute Gasteiger partial charge is 0.157 e. The third kappa shape index (κ3) is 2.62. The number of aromatic nitrogens is 2. The second-order valence-corrected chi connectivity index (χ2v) is 3.72. The number of anilines is 1. The van der Waals surface area contributed by atoms with Crippen LogP contribution in [0.25, 0.3) is 11.3 Å². The summed E-state index contributed by atoms with van der Waals surface area (Å²) < 4.78 is 18.7. The molecule has 0 saturated heterocycles. The van der Waals surface area contributed by atoms with Crippen LogP contribution in [-0.2, 0) is 11.3 Å². The summed E-state index contributed by atoms with van der Waals surface area (Å²) in [6.45, 7) is 0.289. The molecule has 1 heterocycles. The Morgan fingerprint density at radius 2 is 2.06 bits per heavy atom. The number of methoxy groups -OCH3 is 1. The minimum absolute atomic E-state index is 0.289. The highest BCUT2D eigenvalue weighted by molar-refractivity contribution is 5.63. The lowest BCUT2D eigenvalue weighted by molar-refractivity contribution is 0.178. The first kappa shape index (κ1) is 12.4. The van der Waals surface area contributed by atoms with Gasteiger partial charge in [0, 0.05) is 25.8 Å². The number of hydrogen-bond donors (Lipinski definition) is 1. The van der Waals surface area contributed by atoms with Crippen molar-refractivity contribution < 1.29 is 9.13 Å². The van der Waals surface area contributed by atoms with Crippen molar-refractivity contribution in [1.29, 1.82) is 0 Å². The van der Waals surface area contributed by atoms with Crippen molar-refractivity contribution in [2.45, 2.75) is 6.61 Å².